The van der Waals surface area contributed by atoms with Crippen LogP contribution in [0.5, 0.6) is 0 Å². The molecule has 2 aliphatic rings. The predicted molar refractivity (Wildman–Crippen MR) is 135 cm³/mol. The number of hydrogen-bond donors (Lipinski definition) is 2. The number of nitrogens with one attached hydrogen (secondary N) is 1. The van der Waals surface area contributed by atoms with E-state index in [0.717, 1.165) is 11.3 Å². The molecule has 0 saturated carbocycles. The highest BCUT2D eigenvalue weighted by Crippen LogP contribution is 2.38. The zero-order chi connectivity index (χ0) is 26.5. The maximum atomic E-state index is 13.0. The fourth-order valence-electron chi connectivity index (χ4n) is 3.48. The SMILES string of the molecule is CCCO/N=C(/C(=O)NC1C(=O)N2C(C(=O)OCc3ccc([N+](=O)[O-])cc3)=CCSC12)c1csc(N)n1. The molecule has 13 nitrogen and oxygen atoms in total. The van der Waals surface area contributed by atoms with Gasteiger partial charge in [-0.1, -0.05) is 12.1 Å². The number of anilines is 1. The summed E-state index contributed by atoms with van der Waals surface area (Å²) in [6.45, 7) is 2.06. The second-order valence-electron chi connectivity index (χ2n) is 7.82. The standard InChI is InChI=1S/C22H22N6O7S2/c1-2-8-35-26-16(14-11-37-22(23)24-14)18(29)25-17-19(30)27-15(7-9-36-20(17)27)21(31)34-10-12-3-5-13(6-4-12)28(32)33/h3-7,11,17,20H,2,8-10H2,1H3,(H2,23,24)(H,25,29)/b26-16+. The van der Waals surface area contributed by atoms with Gasteiger partial charge in [0, 0.05) is 23.3 Å². The summed E-state index contributed by atoms with van der Waals surface area (Å²) in [5.74, 6) is -1.42. The van der Waals surface area contributed by atoms with Crippen LogP contribution in [-0.4, -0.2) is 62.1 Å². The molecule has 1 aromatic heterocycles. The predicted octanol–water partition coefficient (Wildman–Crippen LogP) is 1.79. The van der Waals surface area contributed by atoms with Crippen molar-refractivity contribution < 1.29 is 28.9 Å². The maximum absolute atomic E-state index is 13.0. The van der Waals surface area contributed by atoms with Crippen LogP contribution in [0.2, 0.25) is 0 Å². The van der Waals surface area contributed by atoms with Gasteiger partial charge in [0.15, 0.2) is 10.8 Å². The van der Waals surface area contributed by atoms with Crippen molar-refractivity contribution in [2.75, 3.05) is 18.1 Å². The Balaban J connectivity index is 1.39. The van der Waals surface area contributed by atoms with Gasteiger partial charge >= 0.3 is 5.97 Å². The average Bonchev–Trinajstić information content (AvgIpc) is 3.33. The molecular formula is C22H22N6O7S2. The maximum Gasteiger partial charge on any atom is 0.355 e. The number of aromatic nitrogens is 1. The molecule has 4 rings (SSSR count). The van der Waals surface area contributed by atoms with Crippen LogP contribution in [0.15, 0.2) is 46.6 Å². The van der Waals surface area contributed by atoms with Crippen LogP contribution in [0.3, 0.4) is 0 Å². The fourth-order valence-corrected chi connectivity index (χ4v) is 5.22. The van der Waals surface area contributed by atoms with Crippen LogP contribution < -0.4 is 11.1 Å². The first kappa shape index (κ1) is 26.1. The number of thiazole rings is 1. The number of benzene rings is 1. The molecule has 1 saturated heterocycles. The molecule has 2 unspecified atom stereocenters. The van der Waals surface area contributed by atoms with Gasteiger partial charge in [0.2, 0.25) is 0 Å². The highest BCUT2D eigenvalue weighted by atomic mass is 32.2. The minimum atomic E-state index is -0.893. The normalized spacial score (nSPS) is 18.8. The first-order valence-corrected chi connectivity index (χ1v) is 13.0. The van der Waals surface area contributed by atoms with Crippen molar-refractivity contribution in [1.29, 1.82) is 0 Å². The third-order valence-electron chi connectivity index (χ3n) is 5.29. The number of amides is 2. The lowest BCUT2D eigenvalue weighted by atomic mass is 10.0. The smallest absolute Gasteiger partial charge is 0.355 e. The van der Waals surface area contributed by atoms with Crippen molar-refractivity contribution in [3.05, 3.63) is 62.8 Å². The van der Waals surface area contributed by atoms with Crippen LogP contribution in [0, 0.1) is 10.1 Å². The molecule has 3 heterocycles. The second-order valence-corrected chi connectivity index (χ2v) is 9.86. The van der Waals surface area contributed by atoms with Crippen LogP contribution in [0.1, 0.15) is 24.6 Å². The van der Waals surface area contributed by atoms with Crippen LogP contribution >= 0.6 is 23.1 Å². The number of ether oxygens (including phenoxy) is 1. The Morgan fingerprint density at radius 2 is 2.11 bits per heavy atom. The van der Waals surface area contributed by atoms with Crippen molar-refractivity contribution >= 4 is 57.4 Å². The first-order chi connectivity index (χ1) is 17.8. The third kappa shape index (κ3) is 5.72. The number of esters is 1. The fraction of sp³-hybridized carbons (Fsp3) is 0.318. The van der Waals surface area contributed by atoms with Gasteiger partial charge in [0.1, 0.15) is 36.0 Å². The minimum Gasteiger partial charge on any atom is -0.456 e. The number of thioether (sulfide) groups is 1. The molecule has 194 valence electrons. The van der Waals surface area contributed by atoms with Gasteiger partial charge in [0.05, 0.1) is 4.92 Å². The van der Waals surface area contributed by atoms with E-state index in [1.165, 1.54) is 40.9 Å². The van der Waals surface area contributed by atoms with E-state index in [-0.39, 0.29) is 34.5 Å². The van der Waals surface area contributed by atoms with E-state index in [2.05, 4.69) is 15.5 Å². The monoisotopic (exact) mass is 546 g/mol. The summed E-state index contributed by atoms with van der Waals surface area (Å²) in [4.78, 5) is 59.4. The van der Waals surface area contributed by atoms with E-state index in [4.69, 9.17) is 15.3 Å². The number of nitrogen functional groups attached to an aromatic ring is 1. The van der Waals surface area contributed by atoms with Crippen molar-refractivity contribution in [3.63, 3.8) is 0 Å². The number of β-lactam (4-membered cyclic amide) rings is 1. The zero-order valence-corrected chi connectivity index (χ0v) is 21.1. The number of nitro benzene ring substituents is 1. The highest BCUT2D eigenvalue weighted by Gasteiger charge is 2.53. The molecule has 1 aromatic carbocycles. The Bertz CT molecular complexity index is 1280. The van der Waals surface area contributed by atoms with E-state index in [9.17, 15) is 24.5 Å². The lowest BCUT2D eigenvalue weighted by molar-refractivity contribution is -0.384. The topological polar surface area (TPSA) is 179 Å². The zero-order valence-electron chi connectivity index (χ0n) is 19.5. The number of rotatable bonds is 10. The Hall–Kier alpha value is -3.98. The van der Waals surface area contributed by atoms with E-state index in [1.54, 1.807) is 11.5 Å². The summed E-state index contributed by atoms with van der Waals surface area (Å²) < 4.78 is 5.32. The van der Waals surface area contributed by atoms with Crippen LogP contribution in [0.4, 0.5) is 10.8 Å². The third-order valence-corrected chi connectivity index (χ3v) is 7.15. The molecule has 2 aliphatic heterocycles. The molecule has 0 aliphatic carbocycles. The largest absolute Gasteiger partial charge is 0.456 e. The molecule has 0 radical (unpaired) electrons. The number of nitrogens with zero attached hydrogens (tertiary/aromatic N) is 4. The number of nitro groups is 1. The Kier molecular flexibility index (Phi) is 8.03. The lowest BCUT2D eigenvalue weighted by Crippen LogP contribution is -2.70. The molecule has 2 amide bonds. The summed E-state index contributed by atoms with van der Waals surface area (Å²) in [7, 11) is 0. The Labute approximate surface area is 218 Å². The van der Waals surface area contributed by atoms with E-state index in [1.807, 2.05) is 6.92 Å². The first-order valence-electron chi connectivity index (χ1n) is 11.1. The molecule has 2 atom stereocenters. The summed E-state index contributed by atoms with van der Waals surface area (Å²) >= 11 is 2.51. The summed E-state index contributed by atoms with van der Waals surface area (Å²) in [6.07, 6.45) is 2.26. The Morgan fingerprint density at radius 3 is 2.76 bits per heavy atom. The van der Waals surface area contributed by atoms with Crippen LogP contribution in [-0.2, 0) is 30.6 Å². The number of fused-ring (bicyclic) bond motifs is 1. The van der Waals surface area contributed by atoms with Crippen LogP contribution in [0.25, 0.3) is 0 Å². The lowest BCUT2D eigenvalue weighted by Gasteiger charge is -2.48. The van der Waals surface area contributed by atoms with Gasteiger partial charge in [0.25, 0.3) is 17.5 Å². The molecule has 3 N–H and O–H groups in total. The molecule has 2 aromatic rings. The van der Waals surface area contributed by atoms with Crippen molar-refractivity contribution in [1.82, 2.24) is 15.2 Å². The molecule has 15 heteroatoms. The van der Waals surface area contributed by atoms with Gasteiger partial charge in [-0.05, 0) is 30.2 Å². The quantitative estimate of drug-likeness (QED) is 0.111. The van der Waals surface area contributed by atoms with Crippen molar-refractivity contribution in [2.24, 2.45) is 5.16 Å². The number of oxime groups is 1. The number of carbonyl (C=O) groups is 3. The van der Waals surface area contributed by atoms with Crippen molar-refractivity contribution in [3.8, 4) is 0 Å². The number of nitrogens with two attached hydrogens (primary N) is 1. The van der Waals surface area contributed by atoms with Gasteiger partial charge in [-0.15, -0.1) is 23.1 Å². The summed E-state index contributed by atoms with van der Waals surface area (Å²) in [6, 6.07) is 4.70. The second kappa shape index (κ2) is 11.4. The van der Waals surface area contributed by atoms with Gasteiger partial charge in [-0.25, -0.2) is 9.78 Å². The van der Waals surface area contributed by atoms with E-state index >= 15 is 0 Å². The molecular weight excluding hydrogens is 524 g/mol. The molecule has 37 heavy (non-hydrogen) atoms. The van der Waals surface area contributed by atoms with Gasteiger partial charge < -0.3 is 20.6 Å². The summed E-state index contributed by atoms with van der Waals surface area (Å²) in [5.41, 5.74) is 6.36. The molecule has 0 bridgehead atoms. The van der Waals surface area contributed by atoms with Crippen molar-refractivity contribution in [2.45, 2.75) is 31.4 Å². The molecule has 0 spiro atoms. The minimum absolute atomic E-state index is 0.0763. The van der Waals surface area contributed by atoms with E-state index < -0.39 is 34.1 Å². The molecule has 1 fully saturated rings. The Morgan fingerprint density at radius 1 is 1.35 bits per heavy atom. The number of hydrogen-bond acceptors (Lipinski definition) is 12. The highest BCUT2D eigenvalue weighted by molar-refractivity contribution is 8.00. The number of non-ortho nitro benzene ring substituents is 1. The number of carbonyl (C=O) groups excluding carboxylic acids is 3. The van der Waals surface area contributed by atoms with Gasteiger partial charge in [-0.3, -0.25) is 24.6 Å². The average molecular weight is 547 g/mol. The summed E-state index contributed by atoms with van der Waals surface area (Å²) in [5, 5.41) is 18.6. The van der Waals surface area contributed by atoms with Gasteiger partial charge in [-0.2, -0.15) is 0 Å². The van der Waals surface area contributed by atoms with E-state index in [0.29, 0.717) is 24.3 Å².